The number of halogens is 2. The second-order valence-electron chi connectivity index (χ2n) is 7.88. The predicted octanol–water partition coefficient (Wildman–Crippen LogP) is 4.37. The van der Waals surface area contributed by atoms with Crippen molar-refractivity contribution in [2.45, 2.75) is 25.4 Å². The van der Waals surface area contributed by atoms with Crippen molar-refractivity contribution in [3.63, 3.8) is 0 Å². The molecule has 1 aliphatic rings. The van der Waals surface area contributed by atoms with Gasteiger partial charge in [-0.25, -0.2) is 9.18 Å². The van der Waals surface area contributed by atoms with Crippen LogP contribution in [-0.4, -0.2) is 34.3 Å². The molecule has 3 aromatic rings. The first-order chi connectivity index (χ1) is 16.4. The van der Waals surface area contributed by atoms with Crippen LogP contribution in [0, 0.1) is 5.82 Å². The summed E-state index contributed by atoms with van der Waals surface area (Å²) in [6.45, 7) is 1.50. The van der Waals surface area contributed by atoms with E-state index in [0.29, 0.717) is 17.7 Å². The van der Waals surface area contributed by atoms with Crippen LogP contribution >= 0.6 is 15.9 Å². The summed E-state index contributed by atoms with van der Waals surface area (Å²) in [5.41, 5.74) is 0.634. The molecule has 1 fully saturated rings. The van der Waals surface area contributed by atoms with E-state index >= 15 is 0 Å². The first-order valence-corrected chi connectivity index (χ1v) is 11.5. The zero-order valence-corrected chi connectivity index (χ0v) is 20.0. The van der Waals surface area contributed by atoms with Crippen molar-refractivity contribution in [3.05, 3.63) is 94.5 Å². The molecule has 1 saturated heterocycles. The second kappa shape index (κ2) is 9.72. The quantitative estimate of drug-likeness (QED) is 0.465. The van der Waals surface area contributed by atoms with Crippen LogP contribution in [-0.2, 0) is 21.7 Å². The number of anilines is 1. The molecular formula is C25H22BrFN4O3. The van der Waals surface area contributed by atoms with Crippen LogP contribution in [0.1, 0.15) is 24.5 Å². The van der Waals surface area contributed by atoms with E-state index in [9.17, 15) is 18.8 Å². The maximum atomic E-state index is 13.8. The summed E-state index contributed by atoms with van der Waals surface area (Å²) in [6.07, 6.45) is 3.54. The number of nitrogens with zero attached hydrogens (tertiary/aromatic N) is 3. The van der Waals surface area contributed by atoms with Gasteiger partial charge < -0.3 is 10.2 Å². The fraction of sp³-hybridized carbons (Fsp3) is 0.200. The lowest BCUT2D eigenvalue weighted by Crippen LogP contribution is -2.45. The fourth-order valence-corrected chi connectivity index (χ4v) is 4.37. The number of hydrogen-bond donors (Lipinski definition) is 1. The Morgan fingerprint density at radius 1 is 1.12 bits per heavy atom. The molecule has 0 radical (unpaired) electrons. The molecule has 2 aromatic carbocycles. The highest BCUT2D eigenvalue weighted by Gasteiger charge is 2.51. The van der Waals surface area contributed by atoms with Crippen molar-refractivity contribution < 1.29 is 18.8 Å². The number of urea groups is 1. The van der Waals surface area contributed by atoms with Gasteiger partial charge in [-0.2, -0.15) is 0 Å². The normalized spacial score (nSPS) is 17.6. The zero-order chi connectivity index (χ0) is 24.3. The van der Waals surface area contributed by atoms with Crippen LogP contribution in [0.2, 0.25) is 0 Å². The number of aromatic nitrogens is 1. The minimum Gasteiger partial charge on any atom is -0.319 e. The molecule has 4 amide bonds. The lowest BCUT2D eigenvalue weighted by Gasteiger charge is -2.27. The molecular weight excluding hydrogens is 503 g/mol. The van der Waals surface area contributed by atoms with Gasteiger partial charge in [0.2, 0.25) is 5.91 Å². The molecule has 1 aromatic heterocycles. The minimum atomic E-state index is -1.23. The average molecular weight is 525 g/mol. The van der Waals surface area contributed by atoms with E-state index < -0.39 is 35.7 Å². The highest BCUT2D eigenvalue weighted by molar-refractivity contribution is 9.10. The summed E-state index contributed by atoms with van der Waals surface area (Å²) in [5.74, 6) is -1.44. The second-order valence-corrected chi connectivity index (χ2v) is 8.73. The Balaban J connectivity index is 1.64. The van der Waals surface area contributed by atoms with Crippen LogP contribution in [0.4, 0.5) is 14.9 Å². The summed E-state index contributed by atoms with van der Waals surface area (Å²) in [6, 6.07) is 16.1. The number of hydrogen-bond acceptors (Lipinski definition) is 4. The summed E-state index contributed by atoms with van der Waals surface area (Å²) < 4.78 is 14.0. The highest BCUT2D eigenvalue weighted by atomic mass is 79.9. The van der Waals surface area contributed by atoms with E-state index in [-0.39, 0.29) is 11.0 Å². The van der Waals surface area contributed by atoms with Crippen molar-refractivity contribution in [1.82, 2.24) is 15.2 Å². The summed E-state index contributed by atoms with van der Waals surface area (Å²) in [5, 5.41) is 2.78. The SMILES string of the molecule is CCC1(c2ccccc2)NC(=O)N(CC(=O)N(Cc2ccncc2)c2ccc(F)c(Br)c2)C1=O. The maximum absolute atomic E-state index is 13.8. The van der Waals surface area contributed by atoms with Crippen LogP contribution in [0.5, 0.6) is 0 Å². The summed E-state index contributed by atoms with van der Waals surface area (Å²) >= 11 is 3.15. The van der Waals surface area contributed by atoms with Gasteiger partial charge in [-0.15, -0.1) is 0 Å². The van der Waals surface area contributed by atoms with Gasteiger partial charge in [0, 0.05) is 18.1 Å². The van der Waals surface area contributed by atoms with E-state index in [1.165, 1.54) is 23.1 Å². The standard InChI is InChI=1S/C25H22BrFN4O3/c1-2-25(18-6-4-3-5-7-18)23(33)31(24(34)29-25)16-22(32)30(15-17-10-12-28-13-11-17)19-8-9-21(27)20(26)14-19/h3-14H,2,15-16H2,1H3,(H,29,34). The molecule has 1 unspecified atom stereocenters. The lowest BCUT2D eigenvalue weighted by atomic mass is 9.87. The molecule has 1 aliphatic heterocycles. The number of pyridine rings is 1. The average Bonchev–Trinajstić information content (AvgIpc) is 3.10. The Morgan fingerprint density at radius 3 is 2.47 bits per heavy atom. The zero-order valence-electron chi connectivity index (χ0n) is 18.4. The van der Waals surface area contributed by atoms with E-state index in [2.05, 4.69) is 26.2 Å². The van der Waals surface area contributed by atoms with Gasteiger partial charge in [0.25, 0.3) is 5.91 Å². The Kier molecular flexibility index (Phi) is 6.74. The summed E-state index contributed by atoms with van der Waals surface area (Å²) in [7, 11) is 0. The molecule has 1 N–H and O–H groups in total. The monoisotopic (exact) mass is 524 g/mol. The number of amides is 4. The van der Waals surface area contributed by atoms with Gasteiger partial charge in [-0.05, 0) is 63.8 Å². The third kappa shape index (κ3) is 4.43. The minimum absolute atomic E-state index is 0.153. The molecule has 0 saturated carbocycles. The first-order valence-electron chi connectivity index (χ1n) is 10.7. The molecule has 174 valence electrons. The number of imide groups is 1. The van der Waals surface area contributed by atoms with Gasteiger partial charge >= 0.3 is 6.03 Å². The van der Waals surface area contributed by atoms with Gasteiger partial charge in [0.15, 0.2) is 0 Å². The molecule has 0 bridgehead atoms. The third-order valence-corrected chi connectivity index (χ3v) is 6.48. The third-order valence-electron chi connectivity index (χ3n) is 5.87. The Morgan fingerprint density at radius 2 is 1.82 bits per heavy atom. The van der Waals surface area contributed by atoms with Crippen molar-refractivity contribution in [3.8, 4) is 0 Å². The molecule has 34 heavy (non-hydrogen) atoms. The van der Waals surface area contributed by atoms with Crippen LogP contribution < -0.4 is 10.2 Å². The number of carbonyl (C=O) groups excluding carboxylic acids is 3. The number of rotatable bonds is 7. The molecule has 0 spiro atoms. The molecule has 0 aliphatic carbocycles. The van der Waals surface area contributed by atoms with Crippen molar-refractivity contribution >= 4 is 39.5 Å². The molecule has 2 heterocycles. The van der Waals surface area contributed by atoms with E-state index in [1.807, 2.05) is 13.0 Å². The lowest BCUT2D eigenvalue weighted by molar-refractivity contribution is -0.134. The fourth-order valence-electron chi connectivity index (χ4n) is 4.00. The Hall–Kier alpha value is -3.59. The van der Waals surface area contributed by atoms with E-state index in [1.54, 1.807) is 48.8 Å². The first kappa shape index (κ1) is 23.6. The van der Waals surface area contributed by atoms with Crippen molar-refractivity contribution in [1.29, 1.82) is 0 Å². The van der Waals surface area contributed by atoms with Gasteiger partial charge in [0.05, 0.1) is 11.0 Å². The van der Waals surface area contributed by atoms with Crippen molar-refractivity contribution in [2.75, 3.05) is 11.4 Å². The van der Waals surface area contributed by atoms with Gasteiger partial charge in [-0.1, -0.05) is 37.3 Å². The molecule has 9 heteroatoms. The topological polar surface area (TPSA) is 82.6 Å². The van der Waals surface area contributed by atoms with Gasteiger partial charge in [-0.3, -0.25) is 19.5 Å². The molecule has 1 atom stereocenters. The maximum Gasteiger partial charge on any atom is 0.325 e. The molecule has 7 nitrogen and oxygen atoms in total. The largest absolute Gasteiger partial charge is 0.325 e. The number of benzene rings is 2. The smallest absolute Gasteiger partial charge is 0.319 e. The van der Waals surface area contributed by atoms with E-state index in [4.69, 9.17) is 0 Å². The van der Waals surface area contributed by atoms with Crippen molar-refractivity contribution in [2.24, 2.45) is 0 Å². The van der Waals surface area contributed by atoms with Crippen LogP contribution in [0.3, 0.4) is 0 Å². The number of carbonyl (C=O) groups is 3. The Labute approximate surface area is 204 Å². The predicted molar refractivity (Wildman–Crippen MR) is 128 cm³/mol. The molecule has 4 rings (SSSR count). The highest BCUT2D eigenvalue weighted by Crippen LogP contribution is 2.33. The van der Waals surface area contributed by atoms with Crippen LogP contribution in [0.15, 0.2) is 77.5 Å². The Bertz CT molecular complexity index is 1230. The van der Waals surface area contributed by atoms with E-state index in [0.717, 1.165) is 10.5 Å². The summed E-state index contributed by atoms with van der Waals surface area (Å²) in [4.78, 5) is 46.1. The van der Waals surface area contributed by atoms with Crippen LogP contribution in [0.25, 0.3) is 0 Å². The van der Waals surface area contributed by atoms with Gasteiger partial charge in [0.1, 0.15) is 17.9 Å². The number of nitrogens with one attached hydrogen (secondary N) is 1.